The Morgan fingerprint density at radius 3 is 2.62 bits per heavy atom. The largest absolute Gasteiger partial charge is 0.316 e. The lowest BCUT2D eigenvalue weighted by Crippen LogP contribution is -2.33. The first-order valence-corrected chi connectivity index (χ1v) is 7.01. The van der Waals surface area contributed by atoms with E-state index in [0.29, 0.717) is 11.3 Å². The lowest BCUT2D eigenvalue weighted by molar-refractivity contribution is 0.541. The van der Waals surface area contributed by atoms with Gasteiger partial charge in [0, 0.05) is 21.2 Å². The molecule has 0 aromatic heterocycles. The summed E-state index contributed by atoms with van der Waals surface area (Å²) in [5, 5.41) is 5.28. The van der Waals surface area contributed by atoms with Crippen LogP contribution in [0.1, 0.15) is 20.3 Å². The maximum atomic E-state index is 6.13. The Morgan fingerprint density at radius 2 is 2.06 bits per heavy atom. The first-order valence-electron chi connectivity index (χ1n) is 5.37. The molecule has 0 aliphatic carbocycles. The maximum Gasteiger partial charge on any atom is 0.0543 e. The summed E-state index contributed by atoms with van der Waals surface area (Å²) in [6, 6.07) is 6.07. The molecule has 0 aliphatic rings. The lowest BCUT2D eigenvalue weighted by atomic mass is 10.2. The van der Waals surface area contributed by atoms with E-state index in [4.69, 9.17) is 23.2 Å². The van der Waals surface area contributed by atoms with Crippen LogP contribution in [-0.4, -0.2) is 18.3 Å². The quantitative estimate of drug-likeness (QED) is 0.797. The fraction of sp³-hybridized carbons (Fsp3) is 0.500. The van der Waals surface area contributed by atoms with E-state index in [0.717, 1.165) is 21.4 Å². The molecule has 16 heavy (non-hydrogen) atoms. The Kier molecular flexibility index (Phi) is 5.98. The molecule has 0 saturated heterocycles. The van der Waals surface area contributed by atoms with Crippen LogP contribution >= 0.6 is 35.0 Å². The molecule has 1 nitrogen and oxygen atoms in total. The lowest BCUT2D eigenvalue weighted by Gasteiger charge is -2.22. The summed E-state index contributed by atoms with van der Waals surface area (Å²) in [7, 11) is 1.99. The van der Waals surface area contributed by atoms with Crippen LogP contribution in [-0.2, 0) is 0 Å². The van der Waals surface area contributed by atoms with Gasteiger partial charge in [0.25, 0.3) is 0 Å². The van der Waals surface area contributed by atoms with Gasteiger partial charge in [-0.15, -0.1) is 11.8 Å². The molecule has 0 fully saturated rings. The molecule has 0 aliphatic heterocycles. The summed E-state index contributed by atoms with van der Waals surface area (Å²) in [6.07, 6.45) is 1.10. The standard InChI is InChI=1S/C12H17Cl2NS/c1-4-11(15-3)8(2)16-12-7-9(13)5-6-10(12)14/h5-8,11,15H,4H2,1-3H3. The second-order valence-electron chi connectivity index (χ2n) is 3.70. The number of thioether (sulfide) groups is 1. The summed E-state index contributed by atoms with van der Waals surface area (Å²) < 4.78 is 0. The summed E-state index contributed by atoms with van der Waals surface area (Å²) >= 11 is 13.9. The van der Waals surface area contributed by atoms with E-state index in [9.17, 15) is 0 Å². The molecule has 0 bridgehead atoms. The van der Waals surface area contributed by atoms with Gasteiger partial charge in [-0.3, -0.25) is 0 Å². The number of hydrogen-bond donors (Lipinski definition) is 1. The SMILES string of the molecule is CCC(NC)C(C)Sc1cc(Cl)ccc1Cl. The van der Waals surface area contributed by atoms with Crippen LogP contribution in [0.3, 0.4) is 0 Å². The van der Waals surface area contributed by atoms with Gasteiger partial charge in [0.05, 0.1) is 5.02 Å². The van der Waals surface area contributed by atoms with Gasteiger partial charge >= 0.3 is 0 Å². The second-order valence-corrected chi connectivity index (χ2v) is 5.96. The number of benzene rings is 1. The fourth-order valence-electron chi connectivity index (χ4n) is 1.62. The number of nitrogens with one attached hydrogen (secondary N) is 1. The van der Waals surface area contributed by atoms with Crippen LogP contribution in [0.25, 0.3) is 0 Å². The highest BCUT2D eigenvalue weighted by molar-refractivity contribution is 8.00. The van der Waals surface area contributed by atoms with Crippen molar-refractivity contribution in [2.24, 2.45) is 0 Å². The van der Waals surface area contributed by atoms with Crippen LogP contribution in [0.4, 0.5) is 0 Å². The Hall–Kier alpha value is 0.110. The van der Waals surface area contributed by atoms with E-state index in [-0.39, 0.29) is 0 Å². The van der Waals surface area contributed by atoms with Crippen molar-refractivity contribution in [3.05, 3.63) is 28.2 Å². The molecule has 0 heterocycles. The minimum Gasteiger partial charge on any atom is -0.316 e. The molecule has 0 saturated carbocycles. The van der Waals surface area contributed by atoms with Crippen molar-refractivity contribution in [1.29, 1.82) is 0 Å². The predicted molar refractivity (Wildman–Crippen MR) is 74.9 cm³/mol. The van der Waals surface area contributed by atoms with E-state index in [1.54, 1.807) is 11.8 Å². The van der Waals surface area contributed by atoms with Crippen molar-refractivity contribution < 1.29 is 0 Å². The molecule has 2 unspecified atom stereocenters. The van der Waals surface area contributed by atoms with E-state index < -0.39 is 0 Å². The monoisotopic (exact) mass is 277 g/mol. The number of halogens is 2. The molecule has 2 atom stereocenters. The van der Waals surface area contributed by atoms with Crippen molar-refractivity contribution in [1.82, 2.24) is 5.32 Å². The zero-order valence-electron chi connectivity index (χ0n) is 9.76. The van der Waals surface area contributed by atoms with Crippen LogP contribution < -0.4 is 5.32 Å². The maximum absolute atomic E-state index is 6.13. The Balaban J connectivity index is 2.75. The van der Waals surface area contributed by atoms with Crippen molar-refractivity contribution in [3.8, 4) is 0 Å². The van der Waals surface area contributed by atoms with Crippen molar-refractivity contribution in [2.45, 2.75) is 36.5 Å². The highest BCUT2D eigenvalue weighted by Gasteiger charge is 2.16. The van der Waals surface area contributed by atoms with Gasteiger partial charge < -0.3 is 5.32 Å². The Morgan fingerprint density at radius 1 is 1.38 bits per heavy atom. The van der Waals surface area contributed by atoms with Crippen molar-refractivity contribution >= 4 is 35.0 Å². The van der Waals surface area contributed by atoms with Crippen molar-refractivity contribution in [2.75, 3.05) is 7.05 Å². The van der Waals surface area contributed by atoms with Gasteiger partial charge in [0.15, 0.2) is 0 Å². The molecular weight excluding hydrogens is 261 g/mol. The van der Waals surface area contributed by atoms with Gasteiger partial charge in [-0.25, -0.2) is 0 Å². The average molecular weight is 278 g/mol. The molecule has 0 radical (unpaired) electrons. The third kappa shape index (κ3) is 3.85. The number of hydrogen-bond acceptors (Lipinski definition) is 2. The zero-order chi connectivity index (χ0) is 12.1. The average Bonchev–Trinajstić information content (AvgIpc) is 2.25. The molecule has 1 aromatic carbocycles. The molecule has 0 amide bonds. The fourth-order valence-corrected chi connectivity index (χ4v) is 3.38. The van der Waals surface area contributed by atoms with Gasteiger partial charge in [-0.05, 0) is 31.7 Å². The van der Waals surface area contributed by atoms with Gasteiger partial charge in [-0.2, -0.15) is 0 Å². The molecule has 1 aromatic rings. The molecule has 1 rings (SSSR count). The summed E-state index contributed by atoms with van der Waals surface area (Å²) in [5.41, 5.74) is 0. The van der Waals surface area contributed by atoms with E-state index in [1.165, 1.54) is 0 Å². The van der Waals surface area contributed by atoms with E-state index in [1.807, 2.05) is 25.2 Å². The first kappa shape index (κ1) is 14.2. The summed E-state index contributed by atoms with van der Waals surface area (Å²) in [6.45, 7) is 4.38. The molecule has 4 heteroatoms. The minimum absolute atomic E-state index is 0.464. The van der Waals surface area contributed by atoms with Crippen LogP contribution in [0, 0.1) is 0 Å². The second kappa shape index (κ2) is 6.75. The summed E-state index contributed by atoms with van der Waals surface area (Å²) in [4.78, 5) is 1.05. The van der Waals surface area contributed by atoms with Gasteiger partial charge in [-0.1, -0.05) is 37.0 Å². The highest BCUT2D eigenvalue weighted by atomic mass is 35.5. The van der Waals surface area contributed by atoms with Crippen LogP contribution in [0.15, 0.2) is 23.1 Å². The highest BCUT2D eigenvalue weighted by Crippen LogP contribution is 2.33. The third-order valence-electron chi connectivity index (χ3n) is 2.58. The third-order valence-corrected chi connectivity index (χ3v) is 4.55. The topological polar surface area (TPSA) is 12.0 Å². The van der Waals surface area contributed by atoms with Crippen molar-refractivity contribution in [3.63, 3.8) is 0 Å². The predicted octanol–water partition coefficient (Wildman–Crippen LogP) is 4.47. The smallest absolute Gasteiger partial charge is 0.0543 e. The first-order chi connectivity index (χ1) is 7.58. The van der Waals surface area contributed by atoms with Crippen LogP contribution in [0.5, 0.6) is 0 Å². The Labute approximate surface area is 112 Å². The summed E-state index contributed by atoms with van der Waals surface area (Å²) in [5.74, 6) is 0. The zero-order valence-corrected chi connectivity index (χ0v) is 12.1. The molecule has 90 valence electrons. The Bertz CT molecular complexity index is 340. The molecule has 0 spiro atoms. The van der Waals surface area contributed by atoms with Gasteiger partial charge in [0.1, 0.15) is 0 Å². The molecule has 1 N–H and O–H groups in total. The van der Waals surface area contributed by atoms with Gasteiger partial charge in [0.2, 0.25) is 0 Å². The number of rotatable bonds is 5. The van der Waals surface area contributed by atoms with E-state index in [2.05, 4.69) is 19.2 Å². The van der Waals surface area contributed by atoms with Crippen LogP contribution in [0.2, 0.25) is 10.0 Å². The normalized spacial score (nSPS) is 14.8. The minimum atomic E-state index is 0.464. The molecular formula is C12H17Cl2NS. The van der Waals surface area contributed by atoms with E-state index >= 15 is 0 Å².